The summed E-state index contributed by atoms with van der Waals surface area (Å²) in [5, 5.41) is 17.9. The summed E-state index contributed by atoms with van der Waals surface area (Å²) in [6.07, 6.45) is 35.9. The maximum absolute atomic E-state index is 8.93. The third-order valence-electron chi connectivity index (χ3n) is 7.37. The lowest BCUT2D eigenvalue weighted by molar-refractivity contribution is -0.0573. The number of likely N-dealkylation sites (N-methyl/N-ethyl adjacent to an activating group) is 1. The van der Waals surface area contributed by atoms with Gasteiger partial charge in [-0.1, -0.05) is 167 Å². The summed E-state index contributed by atoms with van der Waals surface area (Å²) < 4.78 is 0. The molecule has 34 heavy (non-hydrogen) atoms. The molecule has 0 aromatic carbocycles. The van der Waals surface area contributed by atoms with Crippen molar-refractivity contribution in [1.29, 1.82) is 0 Å². The first-order valence-electron chi connectivity index (χ1n) is 15.7. The fourth-order valence-electron chi connectivity index (χ4n) is 5.07. The van der Waals surface area contributed by atoms with Crippen molar-refractivity contribution in [1.82, 2.24) is 4.90 Å². The van der Waals surface area contributed by atoms with E-state index in [0.717, 1.165) is 6.54 Å². The van der Waals surface area contributed by atoms with Crippen LogP contribution in [0.1, 0.15) is 174 Å². The van der Waals surface area contributed by atoms with Crippen molar-refractivity contribution in [3.63, 3.8) is 0 Å². The van der Waals surface area contributed by atoms with Gasteiger partial charge in [-0.05, 0) is 20.0 Å². The van der Waals surface area contributed by atoms with Crippen molar-refractivity contribution in [3.05, 3.63) is 0 Å². The molecule has 206 valence electrons. The minimum Gasteiger partial charge on any atom is -0.367 e. The van der Waals surface area contributed by atoms with Crippen LogP contribution in [0, 0.1) is 0 Å². The van der Waals surface area contributed by atoms with Crippen LogP contribution in [-0.2, 0) is 0 Å². The third kappa shape index (κ3) is 29.9. The van der Waals surface area contributed by atoms with Crippen LogP contribution in [0.4, 0.5) is 0 Å². The highest BCUT2D eigenvalue weighted by molar-refractivity contribution is 4.54. The standard InChI is InChI=1S/C31H65NO2/c1-3-4-5-6-7-8-9-10-11-12-13-14-15-16-17-18-19-20-21-22-23-24-25-26-27-28-29-32(2)30-31(33)34/h31,33-34H,3-30H2,1-2H3. The van der Waals surface area contributed by atoms with Crippen LogP contribution in [0.25, 0.3) is 0 Å². The first kappa shape index (κ1) is 33.9. The Kier molecular flexibility index (Phi) is 29.0. The van der Waals surface area contributed by atoms with Crippen LogP contribution < -0.4 is 0 Å². The van der Waals surface area contributed by atoms with Crippen LogP contribution in [0.15, 0.2) is 0 Å². The van der Waals surface area contributed by atoms with E-state index in [1.54, 1.807) is 0 Å². The zero-order valence-electron chi connectivity index (χ0n) is 23.7. The van der Waals surface area contributed by atoms with Gasteiger partial charge in [-0.15, -0.1) is 0 Å². The van der Waals surface area contributed by atoms with Gasteiger partial charge in [0.1, 0.15) is 0 Å². The van der Waals surface area contributed by atoms with Crippen molar-refractivity contribution in [3.8, 4) is 0 Å². The van der Waals surface area contributed by atoms with E-state index < -0.39 is 6.29 Å². The van der Waals surface area contributed by atoms with Crippen molar-refractivity contribution in [2.24, 2.45) is 0 Å². The van der Waals surface area contributed by atoms with E-state index in [-0.39, 0.29) is 0 Å². The normalized spacial score (nSPS) is 11.8. The number of nitrogens with zero attached hydrogens (tertiary/aromatic N) is 1. The monoisotopic (exact) mass is 484 g/mol. The number of aliphatic hydroxyl groups is 2. The molecule has 0 amide bonds. The summed E-state index contributed by atoms with van der Waals surface area (Å²) in [4.78, 5) is 2.00. The molecule has 0 saturated carbocycles. The summed E-state index contributed by atoms with van der Waals surface area (Å²) in [5.41, 5.74) is 0. The number of unbranched alkanes of at least 4 members (excludes halogenated alkanes) is 25. The highest BCUT2D eigenvalue weighted by atomic mass is 16.5. The number of hydrogen-bond acceptors (Lipinski definition) is 3. The van der Waals surface area contributed by atoms with Gasteiger partial charge in [0, 0.05) is 6.54 Å². The van der Waals surface area contributed by atoms with Gasteiger partial charge in [0.05, 0.1) is 0 Å². The Morgan fingerprint density at radius 3 is 0.882 bits per heavy atom. The van der Waals surface area contributed by atoms with Crippen molar-refractivity contribution >= 4 is 0 Å². The Morgan fingerprint density at radius 1 is 0.412 bits per heavy atom. The minimum absolute atomic E-state index is 0.361. The van der Waals surface area contributed by atoms with Crippen LogP contribution in [0.2, 0.25) is 0 Å². The summed E-state index contributed by atoms with van der Waals surface area (Å²) in [6, 6.07) is 0. The van der Waals surface area contributed by atoms with E-state index in [2.05, 4.69) is 6.92 Å². The topological polar surface area (TPSA) is 43.7 Å². The molecule has 0 heterocycles. The molecule has 2 N–H and O–H groups in total. The van der Waals surface area contributed by atoms with Gasteiger partial charge in [-0.25, -0.2) is 0 Å². The number of rotatable bonds is 29. The predicted octanol–water partition coefficient (Wildman–Crippen LogP) is 9.39. The van der Waals surface area contributed by atoms with E-state index in [1.165, 1.54) is 167 Å². The van der Waals surface area contributed by atoms with Gasteiger partial charge in [-0.2, -0.15) is 0 Å². The Bertz CT molecular complexity index is 361. The Morgan fingerprint density at radius 2 is 0.647 bits per heavy atom. The van der Waals surface area contributed by atoms with Crippen LogP contribution >= 0.6 is 0 Å². The highest BCUT2D eigenvalue weighted by Crippen LogP contribution is 2.16. The molecule has 0 saturated heterocycles. The van der Waals surface area contributed by atoms with E-state index >= 15 is 0 Å². The lowest BCUT2D eigenvalue weighted by Crippen LogP contribution is -2.29. The fraction of sp³-hybridized carbons (Fsp3) is 1.00. The van der Waals surface area contributed by atoms with E-state index in [9.17, 15) is 0 Å². The first-order valence-corrected chi connectivity index (χ1v) is 15.7. The SMILES string of the molecule is CCCCCCCCCCCCCCCCCCCCCCCCCCCCN(C)CC(O)O. The quantitative estimate of drug-likeness (QED) is 0.0822. The number of aliphatic hydroxyl groups excluding tert-OH is 1. The smallest absolute Gasteiger partial charge is 0.164 e. The molecule has 0 fully saturated rings. The van der Waals surface area contributed by atoms with Gasteiger partial charge >= 0.3 is 0 Å². The summed E-state index contributed by atoms with van der Waals surface area (Å²) in [7, 11) is 1.96. The molecule has 0 aliphatic heterocycles. The molecule has 0 aliphatic carbocycles. The molecule has 0 atom stereocenters. The molecule has 0 aromatic heterocycles. The lowest BCUT2D eigenvalue weighted by Gasteiger charge is -2.17. The van der Waals surface area contributed by atoms with Gasteiger partial charge in [0.2, 0.25) is 0 Å². The second-order valence-corrected chi connectivity index (χ2v) is 11.1. The summed E-state index contributed by atoms with van der Waals surface area (Å²) in [6.45, 7) is 3.63. The second kappa shape index (κ2) is 29.1. The molecule has 0 unspecified atom stereocenters. The molecular formula is C31H65NO2. The van der Waals surface area contributed by atoms with Gasteiger partial charge in [0.25, 0.3) is 0 Å². The Hall–Kier alpha value is -0.120. The maximum Gasteiger partial charge on any atom is 0.164 e. The van der Waals surface area contributed by atoms with Crippen molar-refractivity contribution in [2.75, 3.05) is 20.1 Å². The molecule has 0 rings (SSSR count). The molecule has 0 aromatic rings. The van der Waals surface area contributed by atoms with Crippen LogP contribution in [-0.4, -0.2) is 41.5 Å². The van der Waals surface area contributed by atoms with Gasteiger partial charge < -0.3 is 15.1 Å². The van der Waals surface area contributed by atoms with Crippen molar-refractivity contribution < 1.29 is 10.2 Å². The largest absolute Gasteiger partial charge is 0.367 e. The molecule has 0 radical (unpaired) electrons. The highest BCUT2D eigenvalue weighted by Gasteiger charge is 2.03. The third-order valence-corrected chi connectivity index (χ3v) is 7.37. The van der Waals surface area contributed by atoms with E-state index in [4.69, 9.17) is 10.2 Å². The average Bonchev–Trinajstić information content (AvgIpc) is 2.81. The zero-order valence-corrected chi connectivity index (χ0v) is 23.7. The lowest BCUT2D eigenvalue weighted by atomic mass is 10.0. The van der Waals surface area contributed by atoms with Crippen molar-refractivity contribution in [2.45, 2.75) is 180 Å². The number of hydrogen-bond donors (Lipinski definition) is 2. The minimum atomic E-state index is -1.20. The molecule has 3 nitrogen and oxygen atoms in total. The maximum atomic E-state index is 8.93. The van der Waals surface area contributed by atoms with Crippen LogP contribution in [0.5, 0.6) is 0 Å². The summed E-state index contributed by atoms with van der Waals surface area (Å²) >= 11 is 0. The average molecular weight is 484 g/mol. The predicted molar refractivity (Wildman–Crippen MR) is 151 cm³/mol. The Labute approximate surface area is 215 Å². The second-order valence-electron chi connectivity index (χ2n) is 11.1. The zero-order chi connectivity index (χ0) is 25.0. The van der Waals surface area contributed by atoms with Crippen LogP contribution in [0.3, 0.4) is 0 Å². The molecule has 0 aliphatic rings. The van der Waals surface area contributed by atoms with Gasteiger partial charge in [-0.3, -0.25) is 0 Å². The molecule has 0 spiro atoms. The van der Waals surface area contributed by atoms with Gasteiger partial charge in [0.15, 0.2) is 6.29 Å². The first-order chi connectivity index (χ1) is 16.7. The van der Waals surface area contributed by atoms with E-state index in [0.29, 0.717) is 6.54 Å². The molecule has 0 bridgehead atoms. The summed E-state index contributed by atoms with van der Waals surface area (Å²) in [5.74, 6) is 0. The Balaban J connectivity index is 3.05. The van der Waals surface area contributed by atoms with E-state index in [1.807, 2.05) is 11.9 Å². The molecule has 3 heteroatoms. The fourth-order valence-corrected chi connectivity index (χ4v) is 5.07. The molecular weight excluding hydrogens is 418 g/mol.